The number of carbonyl (C=O) groups is 1. The second-order valence-corrected chi connectivity index (χ2v) is 24.4. The van der Waals surface area contributed by atoms with Crippen molar-refractivity contribution in [2.45, 2.75) is 117 Å². The lowest BCUT2D eigenvalue weighted by Gasteiger charge is -2.44. The predicted octanol–water partition coefficient (Wildman–Crippen LogP) is 7.36. The van der Waals surface area contributed by atoms with Crippen molar-refractivity contribution in [3.8, 4) is 0 Å². The second-order valence-electron chi connectivity index (χ2n) is 10.7. The smallest absolute Gasteiger partial charge is 0.388 e. The van der Waals surface area contributed by atoms with Crippen LogP contribution in [-0.4, -0.2) is 56.0 Å². The van der Waals surface area contributed by atoms with Crippen LogP contribution in [0.3, 0.4) is 0 Å². The molecule has 8 heteroatoms. The van der Waals surface area contributed by atoms with Crippen molar-refractivity contribution >= 4 is 31.2 Å². The van der Waals surface area contributed by atoms with Gasteiger partial charge in [-0.1, -0.05) is 68.1 Å². The standard InChI is InChI=1S/C22H51NO4Si3/c1-13-17-26-29(12,25-8)18-15-14-16-23(28(9,10)11)22(24)27-30(19(2)3,20(4)5)21(6)7/h19-21H,13-18H2,1-12H3. The highest BCUT2D eigenvalue weighted by Crippen LogP contribution is 2.42. The van der Waals surface area contributed by atoms with Gasteiger partial charge in [0.05, 0.1) is 0 Å². The zero-order valence-corrected chi connectivity index (χ0v) is 25.1. The molecule has 0 heterocycles. The third-order valence-electron chi connectivity index (χ3n) is 6.31. The van der Waals surface area contributed by atoms with E-state index in [9.17, 15) is 4.79 Å². The molecule has 0 radical (unpaired) electrons. The lowest BCUT2D eigenvalue weighted by molar-refractivity contribution is 0.169. The van der Waals surface area contributed by atoms with E-state index in [0.717, 1.165) is 38.5 Å². The number of carbonyl (C=O) groups excluding carboxylic acids is 1. The summed E-state index contributed by atoms with van der Waals surface area (Å²) in [5.74, 6) is 0. The van der Waals surface area contributed by atoms with Gasteiger partial charge in [-0.15, -0.1) is 0 Å². The molecule has 0 aliphatic heterocycles. The Labute approximate surface area is 190 Å². The lowest BCUT2D eigenvalue weighted by atomic mass is 10.3. The first-order chi connectivity index (χ1) is 13.7. The van der Waals surface area contributed by atoms with E-state index in [1.54, 1.807) is 7.11 Å². The highest BCUT2D eigenvalue weighted by atomic mass is 28.4. The Morgan fingerprint density at radius 3 is 1.77 bits per heavy atom. The van der Waals surface area contributed by atoms with E-state index in [1.807, 2.05) is 0 Å². The average Bonchev–Trinajstić information content (AvgIpc) is 2.62. The van der Waals surface area contributed by atoms with Gasteiger partial charge in [-0.3, -0.25) is 0 Å². The highest BCUT2D eigenvalue weighted by molar-refractivity contribution is 6.80. The van der Waals surface area contributed by atoms with Gasteiger partial charge >= 0.3 is 14.7 Å². The van der Waals surface area contributed by atoms with Crippen molar-refractivity contribution in [3.63, 3.8) is 0 Å². The van der Waals surface area contributed by atoms with E-state index in [0.29, 0.717) is 16.6 Å². The van der Waals surface area contributed by atoms with Gasteiger partial charge in [-0.25, -0.2) is 4.79 Å². The fraction of sp³-hybridized carbons (Fsp3) is 0.955. The summed E-state index contributed by atoms with van der Waals surface area (Å²) >= 11 is 0. The summed E-state index contributed by atoms with van der Waals surface area (Å²) in [6.07, 6.45) is 2.90. The summed E-state index contributed by atoms with van der Waals surface area (Å²) in [5.41, 5.74) is 1.19. The van der Waals surface area contributed by atoms with Crippen LogP contribution in [0.1, 0.15) is 67.7 Å². The molecular formula is C22H51NO4Si3. The second kappa shape index (κ2) is 12.8. The van der Waals surface area contributed by atoms with Crippen LogP contribution < -0.4 is 0 Å². The van der Waals surface area contributed by atoms with Crippen molar-refractivity contribution in [2.24, 2.45) is 0 Å². The average molecular weight is 478 g/mol. The molecule has 0 bridgehead atoms. The van der Waals surface area contributed by atoms with Crippen LogP contribution in [0, 0.1) is 0 Å². The van der Waals surface area contributed by atoms with Crippen molar-refractivity contribution in [1.82, 2.24) is 4.57 Å². The minimum Gasteiger partial charge on any atom is -0.503 e. The summed E-state index contributed by atoms with van der Waals surface area (Å²) in [4.78, 5) is 13.4. The summed E-state index contributed by atoms with van der Waals surface area (Å²) in [5, 5.41) is 0. The van der Waals surface area contributed by atoms with Crippen LogP contribution in [0.15, 0.2) is 0 Å². The normalized spacial score (nSPS) is 15.0. The molecule has 0 aliphatic carbocycles. The Hall–Kier alpha value is -0.159. The molecule has 0 rings (SSSR count). The Morgan fingerprint density at radius 2 is 1.40 bits per heavy atom. The summed E-state index contributed by atoms with van der Waals surface area (Å²) in [6, 6.07) is 0.959. The van der Waals surface area contributed by atoms with Crippen molar-refractivity contribution in [1.29, 1.82) is 0 Å². The quantitative estimate of drug-likeness (QED) is 0.194. The van der Waals surface area contributed by atoms with Gasteiger partial charge < -0.3 is 17.8 Å². The summed E-state index contributed by atoms with van der Waals surface area (Å²) < 4.78 is 20.3. The van der Waals surface area contributed by atoms with Crippen LogP contribution in [-0.2, 0) is 13.3 Å². The maximum Gasteiger partial charge on any atom is 0.388 e. The first-order valence-corrected chi connectivity index (χ1v) is 20.0. The third-order valence-corrected chi connectivity index (χ3v) is 17.2. The van der Waals surface area contributed by atoms with Gasteiger partial charge in [0, 0.05) is 20.3 Å². The van der Waals surface area contributed by atoms with Gasteiger partial charge in [0.25, 0.3) is 8.32 Å². The van der Waals surface area contributed by atoms with Crippen LogP contribution in [0.25, 0.3) is 0 Å². The number of hydrogen-bond donors (Lipinski definition) is 0. The van der Waals surface area contributed by atoms with E-state index in [-0.39, 0.29) is 6.09 Å². The molecule has 1 atom stereocenters. The van der Waals surface area contributed by atoms with Crippen molar-refractivity contribution < 1.29 is 18.1 Å². The molecule has 1 amide bonds. The maximum atomic E-state index is 13.4. The fourth-order valence-electron chi connectivity index (χ4n) is 4.53. The Kier molecular flexibility index (Phi) is 12.7. The molecule has 0 aliphatic rings. The number of amides is 1. The first-order valence-electron chi connectivity index (χ1n) is 11.9. The maximum absolute atomic E-state index is 13.4. The molecule has 0 saturated heterocycles. The molecule has 0 saturated carbocycles. The minimum absolute atomic E-state index is 0.0779. The Bertz CT molecular complexity index is 487. The molecule has 0 aromatic heterocycles. The summed E-state index contributed by atoms with van der Waals surface area (Å²) in [7, 11) is -4.41. The topological polar surface area (TPSA) is 48.0 Å². The van der Waals surface area contributed by atoms with E-state index in [2.05, 4.69) is 79.2 Å². The molecule has 5 nitrogen and oxygen atoms in total. The first kappa shape index (κ1) is 29.8. The van der Waals surface area contributed by atoms with Gasteiger partial charge in [0.1, 0.15) is 0 Å². The zero-order valence-electron chi connectivity index (χ0n) is 22.1. The monoisotopic (exact) mass is 477 g/mol. The Balaban J connectivity index is 5.24. The van der Waals surface area contributed by atoms with Gasteiger partial charge in [0.15, 0.2) is 8.24 Å². The molecule has 30 heavy (non-hydrogen) atoms. The largest absolute Gasteiger partial charge is 0.503 e. The SMILES string of the molecule is CCCO[Si](C)(CCCCN(C(=O)O[Si](C(C)C)(C(C)C)C(C)C)[Si](C)(C)C)OC. The van der Waals surface area contributed by atoms with Crippen LogP contribution >= 0.6 is 0 Å². The molecule has 1 unspecified atom stereocenters. The summed E-state index contributed by atoms with van der Waals surface area (Å²) in [6.45, 7) is 25.8. The van der Waals surface area contributed by atoms with E-state index < -0.39 is 25.1 Å². The van der Waals surface area contributed by atoms with Crippen LogP contribution in [0.5, 0.6) is 0 Å². The van der Waals surface area contributed by atoms with Crippen molar-refractivity contribution in [3.05, 3.63) is 0 Å². The number of hydrogen-bond acceptors (Lipinski definition) is 4. The molecule has 0 N–H and O–H groups in total. The van der Waals surface area contributed by atoms with E-state index in [4.69, 9.17) is 13.3 Å². The molecule has 0 aromatic carbocycles. The molecular weight excluding hydrogens is 427 g/mol. The number of rotatable bonds is 14. The highest BCUT2D eigenvalue weighted by Gasteiger charge is 2.49. The third kappa shape index (κ3) is 8.41. The van der Waals surface area contributed by atoms with E-state index >= 15 is 0 Å². The zero-order chi connectivity index (χ0) is 23.8. The Morgan fingerprint density at radius 1 is 0.900 bits per heavy atom. The molecule has 180 valence electrons. The van der Waals surface area contributed by atoms with Crippen LogP contribution in [0.2, 0.25) is 48.9 Å². The molecule has 0 aromatic rings. The molecule has 0 fully saturated rings. The fourth-order valence-corrected chi connectivity index (χ4v) is 13.2. The number of nitrogens with zero attached hydrogens (tertiary/aromatic N) is 1. The lowest BCUT2D eigenvalue weighted by Crippen LogP contribution is -2.56. The van der Waals surface area contributed by atoms with Crippen molar-refractivity contribution in [2.75, 3.05) is 20.3 Å². The van der Waals surface area contributed by atoms with Crippen LogP contribution in [0.4, 0.5) is 4.79 Å². The minimum atomic E-state index is -2.23. The van der Waals surface area contributed by atoms with E-state index in [1.165, 1.54) is 0 Å². The number of unbranched alkanes of at least 4 members (excludes halogenated alkanes) is 1. The molecule has 0 spiro atoms. The predicted molar refractivity (Wildman–Crippen MR) is 136 cm³/mol. The van der Waals surface area contributed by atoms with Gasteiger partial charge in [-0.05, 0) is 48.5 Å². The van der Waals surface area contributed by atoms with Gasteiger partial charge in [0.2, 0.25) is 0 Å². The van der Waals surface area contributed by atoms with Gasteiger partial charge in [-0.2, -0.15) is 0 Å².